The Kier molecular flexibility index (Phi) is 5.79. The first kappa shape index (κ1) is 16.0. The predicted molar refractivity (Wildman–Crippen MR) is 84.0 cm³/mol. The van der Waals surface area contributed by atoms with Crippen LogP contribution < -0.4 is 5.32 Å². The van der Waals surface area contributed by atoms with Gasteiger partial charge >= 0.3 is 5.97 Å². The van der Waals surface area contributed by atoms with Gasteiger partial charge in [0.1, 0.15) is 0 Å². The van der Waals surface area contributed by atoms with Crippen molar-refractivity contribution in [3.05, 3.63) is 34.3 Å². The SMILES string of the molecule is O=C(CCc1ccccc1Br)NC1CCC(C(=O)O)CC1. The Morgan fingerprint density at radius 2 is 1.86 bits per heavy atom. The molecule has 1 aliphatic carbocycles. The summed E-state index contributed by atoms with van der Waals surface area (Å²) in [5.74, 6) is -0.906. The lowest BCUT2D eigenvalue weighted by atomic mass is 9.86. The molecule has 1 aliphatic rings. The molecule has 21 heavy (non-hydrogen) atoms. The summed E-state index contributed by atoms with van der Waals surface area (Å²) in [6.07, 6.45) is 4.00. The fraction of sp³-hybridized carbons (Fsp3) is 0.500. The maximum absolute atomic E-state index is 12.0. The lowest BCUT2D eigenvalue weighted by Gasteiger charge is -2.26. The molecule has 1 fully saturated rings. The molecule has 2 rings (SSSR count). The molecule has 1 saturated carbocycles. The van der Waals surface area contributed by atoms with Gasteiger partial charge in [-0.15, -0.1) is 0 Å². The van der Waals surface area contributed by atoms with Gasteiger partial charge in [-0.1, -0.05) is 34.1 Å². The zero-order valence-electron chi connectivity index (χ0n) is 11.8. The molecule has 2 N–H and O–H groups in total. The molecule has 1 amide bonds. The van der Waals surface area contributed by atoms with Crippen molar-refractivity contribution in [1.29, 1.82) is 0 Å². The van der Waals surface area contributed by atoms with Crippen LogP contribution in [0.1, 0.15) is 37.7 Å². The fourth-order valence-electron chi connectivity index (χ4n) is 2.73. The number of nitrogens with one attached hydrogen (secondary N) is 1. The predicted octanol–water partition coefficient (Wildman–Crippen LogP) is 3.14. The van der Waals surface area contributed by atoms with Gasteiger partial charge in [-0.2, -0.15) is 0 Å². The normalized spacial score (nSPS) is 21.8. The number of halogens is 1. The monoisotopic (exact) mass is 353 g/mol. The number of amides is 1. The molecule has 1 aromatic rings. The summed E-state index contributed by atoms with van der Waals surface area (Å²) < 4.78 is 1.03. The van der Waals surface area contributed by atoms with E-state index in [0.717, 1.165) is 22.9 Å². The Morgan fingerprint density at radius 1 is 1.19 bits per heavy atom. The maximum atomic E-state index is 12.0. The smallest absolute Gasteiger partial charge is 0.306 e. The first-order valence-corrected chi connectivity index (χ1v) is 8.11. The number of aliphatic carboxylic acids is 1. The van der Waals surface area contributed by atoms with Crippen molar-refractivity contribution in [3.8, 4) is 0 Å². The third-order valence-electron chi connectivity index (χ3n) is 4.02. The molecule has 0 bridgehead atoms. The molecule has 0 saturated heterocycles. The van der Waals surface area contributed by atoms with Gasteiger partial charge in [0, 0.05) is 16.9 Å². The number of aryl methyl sites for hydroxylation is 1. The number of carboxylic acids is 1. The second-order valence-corrected chi connectivity index (χ2v) is 6.40. The van der Waals surface area contributed by atoms with Crippen molar-refractivity contribution in [2.45, 2.75) is 44.6 Å². The summed E-state index contributed by atoms with van der Waals surface area (Å²) in [5.41, 5.74) is 1.13. The van der Waals surface area contributed by atoms with Crippen LogP contribution in [0.2, 0.25) is 0 Å². The fourth-order valence-corrected chi connectivity index (χ4v) is 3.22. The van der Waals surface area contributed by atoms with E-state index in [2.05, 4.69) is 21.2 Å². The highest BCUT2D eigenvalue weighted by atomic mass is 79.9. The second kappa shape index (κ2) is 7.59. The van der Waals surface area contributed by atoms with Crippen molar-refractivity contribution in [2.75, 3.05) is 0 Å². The molecule has 0 aliphatic heterocycles. The molecule has 5 heteroatoms. The third-order valence-corrected chi connectivity index (χ3v) is 4.79. The Labute approximate surface area is 133 Å². The van der Waals surface area contributed by atoms with Crippen LogP contribution >= 0.6 is 15.9 Å². The van der Waals surface area contributed by atoms with Crippen LogP contribution in [-0.4, -0.2) is 23.0 Å². The summed E-state index contributed by atoms with van der Waals surface area (Å²) in [6, 6.07) is 8.03. The Balaban J connectivity index is 1.73. The van der Waals surface area contributed by atoms with Crippen LogP contribution in [-0.2, 0) is 16.0 Å². The maximum Gasteiger partial charge on any atom is 0.306 e. The molecule has 0 heterocycles. The highest BCUT2D eigenvalue weighted by Crippen LogP contribution is 2.24. The molecule has 0 spiro atoms. The van der Waals surface area contributed by atoms with Gasteiger partial charge in [0.05, 0.1) is 5.92 Å². The number of rotatable bonds is 5. The molecular weight excluding hydrogens is 334 g/mol. The van der Waals surface area contributed by atoms with Crippen LogP contribution in [0.25, 0.3) is 0 Å². The zero-order valence-corrected chi connectivity index (χ0v) is 13.4. The average Bonchev–Trinajstić information content (AvgIpc) is 2.47. The highest BCUT2D eigenvalue weighted by molar-refractivity contribution is 9.10. The number of carbonyl (C=O) groups is 2. The molecule has 0 unspecified atom stereocenters. The quantitative estimate of drug-likeness (QED) is 0.854. The van der Waals surface area contributed by atoms with E-state index in [4.69, 9.17) is 5.11 Å². The van der Waals surface area contributed by atoms with Gasteiger partial charge in [-0.25, -0.2) is 0 Å². The van der Waals surface area contributed by atoms with Crippen molar-refractivity contribution in [2.24, 2.45) is 5.92 Å². The van der Waals surface area contributed by atoms with Gasteiger partial charge in [0.2, 0.25) is 5.91 Å². The van der Waals surface area contributed by atoms with E-state index < -0.39 is 5.97 Å². The van der Waals surface area contributed by atoms with E-state index >= 15 is 0 Å². The lowest BCUT2D eigenvalue weighted by Crippen LogP contribution is -2.38. The van der Waals surface area contributed by atoms with E-state index in [1.165, 1.54) is 0 Å². The van der Waals surface area contributed by atoms with Crippen LogP contribution in [0.3, 0.4) is 0 Å². The minimum Gasteiger partial charge on any atom is -0.481 e. The topological polar surface area (TPSA) is 66.4 Å². The number of carboxylic acid groups (broad SMARTS) is 1. The van der Waals surface area contributed by atoms with E-state index in [1.807, 2.05) is 24.3 Å². The number of hydrogen-bond donors (Lipinski definition) is 2. The largest absolute Gasteiger partial charge is 0.481 e. The summed E-state index contributed by atoms with van der Waals surface area (Å²) in [4.78, 5) is 22.9. The summed E-state index contributed by atoms with van der Waals surface area (Å²) >= 11 is 3.48. The van der Waals surface area contributed by atoms with Gasteiger partial charge in [-0.3, -0.25) is 9.59 Å². The summed E-state index contributed by atoms with van der Waals surface area (Å²) in [5, 5.41) is 12.0. The molecule has 0 aromatic heterocycles. The zero-order chi connectivity index (χ0) is 15.2. The molecule has 4 nitrogen and oxygen atoms in total. The molecule has 1 aromatic carbocycles. The Morgan fingerprint density at radius 3 is 2.48 bits per heavy atom. The molecule has 114 valence electrons. The molecule has 0 radical (unpaired) electrons. The lowest BCUT2D eigenvalue weighted by molar-refractivity contribution is -0.142. The van der Waals surface area contributed by atoms with E-state index in [1.54, 1.807) is 0 Å². The summed E-state index contributed by atoms with van der Waals surface area (Å²) in [6.45, 7) is 0. The number of benzene rings is 1. The van der Waals surface area contributed by atoms with Crippen LogP contribution in [0.15, 0.2) is 28.7 Å². The van der Waals surface area contributed by atoms with Crippen molar-refractivity contribution < 1.29 is 14.7 Å². The van der Waals surface area contributed by atoms with Crippen LogP contribution in [0.5, 0.6) is 0 Å². The van der Waals surface area contributed by atoms with Crippen LogP contribution in [0.4, 0.5) is 0 Å². The molecule has 0 atom stereocenters. The average molecular weight is 354 g/mol. The van der Waals surface area contributed by atoms with Gasteiger partial charge in [-0.05, 0) is 43.7 Å². The van der Waals surface area contributed by atoms with Crippen LogP contribution in [0, 0.1) is 5.92 Å². The molecular formula is C16H20BrNO3. The standard InChI is InChI=1S/C16H20BrNO3/c17-14-4-2-1-3-11(14)7-10-15(19)18-13-8-5-12(6-9-13)16(20)21/h1-4,12-13H,5-10H2,(H,18,19)(H,20,21). The minimum atomic E-state index is -0.714. The number of carbonyl (C=O) groups excluding carboxylic acids is 1. The first-order chi connectivity index (χ1) is 10.1. The van der Waals surface area contributed by atoms with Crippen molar-refractivity contribution in [1.82, 2.24) is 5.32 Å². The van der Waals surface area contributed by atoms with E-state index in [-0.39, 0.29) is 17.9 Å². The highest BCUT2D eigenvalue weighted by Gasteiger charge is 2.26. The van der Waals surface area contributed by atoms with Gasteiger partial charge in [0.25, 0.3) is 0 Å². The van der Waals surface area contributed by atoms with Crippen molar-refractivity contribution >= 4 is 27.8 Å². The number of hydrogen-bond acceptors (Lipinski definition) is 2. The summed E-state index contributed by atoms with van der Waals surface area (Å²) in [7, 11) is 0. The third kappa shape index (κ3) is 4.84. The Bertz CT molecular complexity index is 510. The first-order valence-electron chi connectivity index (χ1n) is 7.32. The van der Waals surface area contributed by atoms with Crippen molar-refractivity contribution in [3.63, 3.8) is 0 Å². The Hall–Kier alpha value is -1.36. The van der Waals surface area contributed by atoms with Gasteiger partial charge < -0.3 is 10.4 Å². The van der Waals surface area contributed by atoms with E-state index in [0.29, 0.717) is 25.7 Å². The van der Waals surface area contributed by atoms with E-state index in [9.17, 15) is 9.59 Å². The van der Waals surface area contributed by atoms with Gasteiger partial charge in [0.15, 0.2) is 0 Å². The minimum absolute atomic E-state index is 0.0459. The second-order valence-electron chi connectivity index (χ2n) is 5.55.